The Labute approximate surface area is 201 Å². The molecule has 7 nitrogen and oxygen atoms in total. The van der Waals surface area contributed by atoms with E-state index < -0.39 is 12.1 Å². The van der Waals surface area contributed by atoms with Crippen LogP contribution in [0.3, 0.4) is 0 Å². The Balaban J connectivity index is 0.000000429. The first-order chi connectivity index (χ1) is 16.7. The number of carbonyl (C=O) groups is 2. The van der Waals surface area contributed by atoms with Crippen molar-refractivity contribution < 1.29 is 27.9 Å². The fourth-order valence-electron chi connectivity index (χ4n) is 4.20. The van der Waals surface area contributed by atoms with Gasteiger partial charge < -0.3 is 20.7 Å². The largest absolute Gasteiger partial charge is 0.490 e. The van der Waals surface area contributed by atoms with Crippen LogP contribution in [0.4, 0.5) is 24.5 Å². The van der Waals surface area contributed by atoms with Gasteiger partial charge in [-0.05, 0) is 86.9 Å². The van der Waals surface area contributed by atoms with E-state index in [0.717, 1.165) is 50.0 Å². The van der Waals surface area contributed by atoms with Crippen LogP contribution in [0.25, 0.3) is 10.4 Å². The summed E-state index contributed by atoms with van der Waals surface area (Å²) in [6, 6.07) is 8.10. The molecule has 1 aliphatic heterocycles. The van der Waals surface area contributed by atoms with Gasteiger partial charge in [-0.1, -0.05) is 12.1 Å². The molecule has 4 rings (SSSR count). The van der Waals surface area contributed by atoms with Crippen LogP contribution in [-0.4, -0.2) is 41.2 Å². The molecule has 0 unspecified atom stereocenters. The highest BCUT2D eigenvalue weighted by atomic mass is 19.4. The third kappa shape index (κ3) is 7.20. The Morgan fingerprint density at radius 2 is 1.86 bits per heavy atom. The van der Waals surface area contributed by atoms with E-state index in [-0.39, 0.29) is 5.91 Å². The number of rotatable bonds is 4. The molecule has 1 aromatic carbocycles. The number of carbonyl (C=O) groups excluding carboxylic acids is 1. The van der Waals surface area contributed by atoms with E-state index in [0.29, 0.717) is 17.3 Å². The van der Waals surface area contributed by atoms with Crippen LogP contribution in [0, 0.1) is 6.57 Å². The maximum Gasteiger partial charge on any atom is 0.490 e. The number of halogens is 3. The summed E-state index contributed by atoms with van der Waals surface area (Å²) < 4.78 is 31.7. The zero-order valence-corrected chi connectivity index (χ0v) is 19.0. The molecule has 2 aliphatic rings. The number of hydrogen-bond acceptors (Lipinski definition) is 3. The van der Waals surface area contributed by atoms with Crippen molar-refractivity contribution in [3.63, 3.8) is 0 Å². The lowest BCUT2D eigenvalue weighted by molar-refractivity contribution is -0.192. The summed E-state index contributed by atoms with van der Waals surface area (Å²) in [4.78, 5) is 27.8. The lowest BCUT2D eigenvalue weighted by Gasteiger charge is -2.25. The van der Waals surface area contributed by atoms with Gasteiger partial charge in [-0.3, -0.25) is 4.79 Å². The maximum atomic E-state index is 12.7. The predicted molar refractivity (Wildman–Crippen MR) is 126 cm³/mol. The zero-order valence-electron chi connectivity index (χ0n) is 19.0. The molecule has 1 saturated heterocycles. The van der Waals surface area contributed by atoms with Crippen LogP contribution in [-0.2, 0) is 4.79 Å². The van der Waals surface area contributed by atoms with Gasteiger partial charge in [-0.2, -0.15) is 13.2 Å². The van der Waals surface area contributed by atoms with E-state index in [2.05, 4.69) is 44.7 Å². The van der Waals surface area contributed by atoms with Crippen molar-refractivity contribution in [1.82, 2.24) is 10.3 Å². The van der Waals surface area contributed by atoms with Crippen LogP contribution in [0.5, 0.6) is 0 Å². The van der Waals surface area contributed by atoms with Crippen molar-refractivity contribution in [1.29, 1.82) is 0 Å². The molecule has 10 heteroatoms. The summed E-state index contributed by atoms with van der Waals surface area (Å²) in [7, 11) is 0. The van der Waals surface area contributed by atoms with Gasteiger partial charge in [0.25, 0.3) is 5.91 Å². The smallest absolute Gasteiger partial charge is 0.475 e. The average molecular weight is 489 g/mol. The first-order valence-corrected chi connectivity index (χ1v) is 11.4. The number of benzene rings is 1. The third-order valence-electron chi connectivity index (χ3n) is 6.02. The van der Waals surface area contributed by atoms with E-state index in [9.17, 15) is 18.0 Å². The number of hydrogen-bond donors (Lipinski definition) is 4. The van der Waals surface area contributed by atoms with Crippen molar-refractivity contribution in [2.45, 2.75) is 50.6 Å². The van der Waals surface area contributed by atoms with Gasteiger partial charge >= 0.3 is 12.1 Å². The van der Waals surface area contributed by atoms with Gasteiger partial charge in [-0.25, -0.2) is 9.64 Å². The van der Waals surface area contributed by atoms with Gasteiger partial charge in [0, 0.05) is 17.4 Å². The highest BCUT2D eigenvalue weighted by Gasteiger charge is 2.38. The second-order valence-electron chi connectivity index (χ2n) is 8.44. The number of aromatic amines is 1. The molecule has 0 spiro atoms. The Kier molecular flexibility index (Phi) is 8.71. The molecule has 0 radical (unpaired) electrons. The first kappa shape index (κ1) is 26.0. The van der Waals surface area contributed by atoms with E-state index in [1.54, 1.807) is 12.3 Å². The molecule has 2 heterocycles. The van der Waals surface area contributed by atoms with Gasteiger partial charge in [0.1, 0.15) is 0 Å². The highest BCUT2D eigenvalue weighted by Crippen LogP contribution is 2.36. The van der Waals surface area contributed by atoms with E-state index in [1.807, 2.05) is 0 Å². The molecule has 0 saturated carbocycles. The topological polar surface area (TPSA) is 98.6 Å². The van der Waals surface area contributed by atoms with Gasteiger partial charge in [0.2, 0.25) is 5.69 Å². The molecular weight excluding hydrogens is 461 g/mol. The number of nitrogens with zero attached hydrogens (tertiary/aromatic N) is 1. The Morgan fingerprint density at radius 1 is 1.14 bits per heavy atom. The summed E-state index contributed by atoms with van der Waals surface area (Å²) in [6.45, 7) is 9.20. The fraction of sp³-hybridized carbons (Fsp3) is 0.400. The quantitative estimate of drug-likeness (QED) is 0.404. The molecule has 1 aromatic heterocycles. The molecule has 186 valence electrons. The monoisotopic (exact) mass is 488 g/mol. The lowest BCUT2D eigenvalue weighted by atomic mass is 9.86. The molecule has 35 heavy (non-hydrogen) atoms. The van der Waals surface area contributed by atoms with Crippen molar-refractivity contribution in [3.8, 4) is 0 Å². The summed E-state index contributed by atoms with van der Waals surface area (Å²) in [5, 5.41) is 13.6. The predicted octanol–water partition coefficient (Wildman–Crippen LogP) is 5.88. The molecular formula is C25H27F3N4O3. The van der Waals surface area contributed by atoms with Crippen molar-refractivity contribution in [2.75, 3.05) is 18.4 Å². The van der Waals surface area contributed by atoms with Crippen molar-refractivity contribution >= 4 is 28.8 Å². The zero-order chi connectivity index (χ0) is 25.4. The Bertz CT molecular complexity index is 1130. The maximum absolute atomic E-state index is 12.7. The van der Waals surface area contributed by atoms with Gasteiger partial charge in [-0.15, -0.1) is 0 Å². The number of carboxylic acid groups (broad SMARTS) is 1. The summed E-state index contributed by atoms with van der Waals surface area (Å²) in [5.41, 5.74) is 5.58. The van der Waals surface area contributed by atoms with Crippen LogP contribution in [0.2, 0.25) is 0 Å². The van der Waals surface area contributed by atoms with Crippen molar-refractivity contribution in [2.24, 2.45) is 0 Å². The number of nitrogens with one attached hydrogen (secondary N) is 3. The number of amides is 1. The Morgan fingerprint density at radius 3 is 2.43 bits per heavy atom. The summed E-state index contributed by atoms with van der Waals surface area (Å²) >= 11 is 0. The normalized spacial score (nSPS) is 16.3. The van der Waals surface area contributed by atoms with Crippen molar-refractivity contribution in [3.05, 3.63) is 64.8 Å². The number of allylic oxidation sites excluding steroid dienone is 2. The number of aliphatic carboxylic acids is 1. The SMILES string of the molecule is O=C(O)C(F)(F)F.[C-]#[N+]c1c[nH]c(C(=O)Nc2ccc(C3CCNCC3)cc2C2=CCCCC2)c1. The molecule has 1 amide bonds. The van der Waals surface area contributed by atoms with Gasteiger partial charge in [0.15, 0.2) is 0 Å². The fourth-order valence-corrected chi connectivity index (χ4v) is 4.20. The highest BCUT2D eigenvalue weighted by molar-refractivity contribution is 6.05. The second-order valence-corrected chi connectivity index (χ2v) is 8.44. The number of aromatic nitrogens is 1. The van der Waals surface area contributed by atoms with Gasteiger partial charge in [0.05, 0.1) is 12.3 Å². The molecule has 4 N–H and O–H groups in total. The Hall–Kier alpha value is -3.58. The van der Waals surface area contributed by atoms with E-state index >= 15 is 0 Å². The molecule has 1 aliphatic carbocycles. The minimum Gasteiger partial charge on any atom is -0.475 e. The number of alkyl halides is 3. The number of piperidine rings is 1. The molecule has 0 bridgehead atoms. The molecule has 1 fully saturated rings. The number of anilines is 1. The molecule has 2 aromatic rings. The van der Waals surface area contributed by atoms with Crippen LogP contribution in [0.15, 0.2) is 36.5 Å². The number of carboxylic acids is 1. The second kappa shape index (κ2) is 11.7. The number of H-pyrrole nitrogens is 1. The molecule has 0 atom stereocenters. The van der Waals surface area contributed by atoms with Crippen LogP contribution >= 0.6 is 0 Å². The standard InChI is InChI=1S/C23H26N4O.C2HF3O2/c1-24-19-14-22(26-15-19)23(28)27-21-8-7-18(16-9-11-25-12-10-16)13-20(21)17-5-3-2-4-6-17;3-2(4,5)1(6)7/h5,7-8,13-16,25-26H,2-4,6,9-12H2,(H,27,28);(H,6,7). The average Bonchev–Trinajstić information content (AvgIpc) is 3.35. The summed E-state index contributed by atoms with van der Waals surface area (Å²) in [5.74, 6) is -2.38. The minimum atomic E-state index is -5.08. The van der Waals surface area contributed by atoms with E-state index in [4.69, 9.17) is 16.5 Å². The van der Waals surface area contributed by atoms with Crippen LogP contribution in [0.1, 0.15) is 66.1 Å². The minimum absolute atomic E-state index is 0.206. The lowest BCUT2D eigenvalue weighted by Crippen LogP contribution is -2.26. The van der Waals surface area contributed by atoms with E-state index in [1.165, 1.54) is 24.0 Å². The first-order valence-electron chi connectivity index (χ1n) is 11.4. The third-order valence-corrected chi connectivity index (χ3v) is 6.02. The summed E-state index contributed by atoms with van der Waals surface area (Å²) in [6.07, 6.45) is 5.72. The van der Waals surface area contributed by atoms with Crippen LogP contribution < -0.4 is 10.6 Å².